The molecular weight excluding hydrogens is 286 g/mol. The van der Waals surface area contributed by atoms with Crippen molar-refractivity contribution in [1.82, 2.24) is 13.9 Å². The Morgan fingerprint density at radius 2 is 1.95 bits per heavy atom. The van der Waals surface area contributed by atoms with Crippen LogP contribution in [-0.4, -0.2) is 55.8 Å². The molecule has 1 saturated heterocycles. The lowest BCUT2D eigenvalue weighted by atomic mass is 10.1. The highest BCUT2D eigenvalue weighted by Crippen LogP contribution is 2.24. The second-order valence-corrected chi connectivity index (χ2v) is 8.41. The van der Waals surface area contributed by atoms with E-state index < -0.39 is 10.2 Å². The van der Waals surface area contributed by atoms with Crippen molar-refractivity contribution in [2.75, 3.05) is 26.7 Å². The molecule has 5 nitrogen and oxygen atoms in total. The number of hydrogen-bond acceptors (Lipinski definition) is 3. The molecule has 1 rings (SSSR count). The van der Waals surface area contributed by atoms with E-state index in [1.54, 1.807) is 15.7 Å². The van der Waals surface area contributed by atoms with E-state index in [1.165, 1.54) is 0 Å². The second-order valence-electron chi connectivity index (χ2n) is 6.47. The molecular formula is C15H33N3O2S. The minimum atomic E-state index is -3.37. The third-order valence-corrected chi connectivity index (χ3v) is 6.71. The summed E-state index contributed by atoms with van der Waals surface area (Å²) in [6.45, 7) is 10.6. The first-order valence-corrected chi connectivity index (χ1v) is 9.67. The average molecular weight is 320 g/mol. The summed E-state index contributed by atoms with van der Waals surface area (Å²) < 4.78 is 29.1. The minimum absolute atomic E-state index is 0.0150. The van der Waals surface area contributed by atoms with E-state index >= 15 is 0 Å². The van der Waals surface area contributed by atoms with Gasteiger partial charge in [-0.2, -0.15) is 17.0 Å². The number of nitrogens with zero attached hydrogens (tertiary/aromatic N) is 2. The van der Waals surface area contributed by atoms with Gasteiger partial charge in [-0.25, -0.2) is 0 Å². The molecule has 21 heavy (non-hydrogen) atoms. The highest BCUT2D eigenvalue weighted by atomic mass is 32.2. The van der Waals surface area contributed by atoms with Crippen LogP contribution in [0.2, 0.25) is 0 Å². The van der Waals surface area contributed by atoms with E-state index in [9.17, 15) is 8.42 Å². The van der Waals surface area contributed by atoms with E-state index in [4.69, 9.17) is 0 Å². The maximum absolute atomic E-state index is 12.9. The largest absolute Gasteiger partial charge is 0.315 e. The van der Waals surface area contributed by atoms with Crippen LogP contribution < -0.4 is 5.32 Å². The topological polar surface area (TPSA) is 52.7 Å². The van der Waals surface area contributed by atoms with Crippen molar-refractivity contribution in [3.8, 4) is 0 Å². The maximum atomic E-state index is 12.9. The molecule has 0 saturated carbocycles. The summed E-state index contributed by atoms with van der Waals surface area (Å²) in [5, 5.41) is 3.37. The molecule has 1 heterocycles. The van der Waals surface area contributed by atoms with Crippen molar-refractivity contribution in [2.24, 2.45) is 5.92 Å². The molecule has 1 aliphatic rings. The summed E-state index contributed by atoms with van der Waals surface area (Å²) in [5.41, 5.74) is 0. The Bertz CT molecular complexity index is 398. The van der Waals surface area contributed by atoms with Gasteiger partial charge in [0.2, 0.25) is 0 Å². The molecule has 1 aliphatic heterocycles. The molecule has 6 heteroatoms. The fourth-order valence-electron chi connectivity index (χ4n) is 2.72. The zero-order chi connectivity index (χ0) is 16.0. The van der Waals surface area contributed by atoms with Crippen LogP contribution >= 0.6 is 0 Å². The summed E-state index contributed by atoms with van der Waals surface area (Å²) in [4.78, 5) is 0. The molecule has 0 aliphatic carbocycles. The van der Waals surface area contributed by atoms with E-state index in [0.29, 0.717) is 12.5 Å². The Morgan fingerprint density at radius 1 is 1.29 bits per heavy atom. The molecule has 0 aromatic rings. The monoisotopic (exact) mass is 319 g/mol. The van der Waals surface area contributed by atoms with E-state index in [0.717, 1.165) is 38.8 Å². The molecule has 2 atom stereocenters. The van der Waals surface area contributed by atoms with Gasteiger partial charge < -0.3 is 5.32 Å². The van der Waals surface area contributed by atoms with Crippen LogP contribution in [0.5, 0.6) is 0 Å². The van der Waals surface area contributed by atoms with Gasteiger partial charge in [0.25, 0.3) is 10.2 Å². The Kier molecular flexibility index (Phi) is 7.60. The van der Waals surface area contributed by atoms with Crippen molar-refractivity contribution in [1.29, 1.82) is 0 Å². The average Bonchev–Trinajstić information content (AvgIpc) is 2.46. The summed E-state index contributed by atoms with van der Waals surface area (Å²) in [5.74, 6) is 0.311. The Labute approximate surface area is 131 Å². The standard InChI is InChI=1S/C15H33N3O2S/c1-6-10-16-12-15-9-7-8-11-18(15)21(19,20)17(5)14(4)13(2)3/h13-16H,6-12H2,1-5H3. The fraction of sp³-hybridized carbons (Fsp3) is 1.00. The van der Waals surface area contributed by atoms with Crippen molar-refractivity contribution in [3.63, 3.8) is 0 Å². The Hall–Kier alpha value is -0.170. The van der Waals surface area contributed by atoms with Gasteiger partial charge in [0.1, 0.15) is 0 Å². The molecule has 1 fully saturated rings. The second kappa shape index (κ2) is 8.46. The van der Waals surface area contributed by atoms with E-state index in [2.05, 4.69) is 26.1 Å². The summed E-state index contributed by atoms with van der Waals surface area (Å²) in [7, 11) is -1.65. The van der Waals surface area contributed by atoms with Gasteiger partial charge in [-0.1, -0.05) is 27.2 Å². The van der Waals surface area contributed by atoms with Crippen molar-refractivity contribution >= 4 is 10.2 Å². The predicted molar refractivity (Wildman–Crippen MR) is 88.5 cm³/mol. The lowest BCUT2D eigenvalue weighted by Gasteiger charge is -2.39. The van der Waals surface area contributed by atoms with Gasteiger partial charge in [-0.3, -0.25) is 0 Å². The molecule has 0 aromatic heterocycles. The highest BCUT2D eigenvalue weighted by Gasteiger charge is 2.36. The molecule has 0 bridgehead atoms. The van der Waals surface area contributed by atoms with Crippen LogP contribution in [0.4, 0.5) is 0 Å². The summed E-state index contributed by atoms with van der Waals surface area (Å²) in [6, 6.07) is 0.110. The minimum Gasteiger partial charge on any atom is -0.315 e. The van der Waals surface area contributed by atoms with Crippen LogP contribution in [-0.2, 0) is 10.2 Å². The third kappa shape index (κ3) is 4.91. The van der Waals surface area contributed by atoms with Crippen molar-refractivity contribution in [3.05, 3.63) is 0 Å². The van der Waals surface area contributed by atoms with Gasteiger partial charge >= 0.3 is 0 Å². The predicted octanol–water partition coefficient (Wildman–Crippen LogP) is 2.06. The number of rotatable bonds is 8. The zero-order valence-electron chi connectivity index (χ0n) is 14.3. The van der Waals surface area contributed by atoms with Gasteiger partial charge in [-0.15, -0.1) is 0 Å². The van der Waals surface area contributed by atoms with Crippen LogP contribution in [0.25, 0.3) is 0 Å². The SMILES string of the molecule is CCCNCC1CCCCN1S(=O)(=O)N(C)C(C)C(C)C. The van der Waals surface area contributed by atoms with Crippen LogP contribution in [0.15, 0.2) is 0 Å². The van der Waals surface area contributed by atoms with Gasteiger partial charge in [0, 0.05) is 32.2 Å². The third-order valence-electron chi connectivity index (χ3n) is 4.58. The van der Waals surface area contributed by atoms with Crippen LogP contribution in [0.1, 0.15) is 53.4 Å². The summed E-state index contributed by atoms with van der Waals surface area (Å²) in [6.07, 6.45) is 4.12. The van der Waals surface area contributed by atoms with Gasteiger partial charge in [-0.05, 0) is 38.6 Å². The van der Waals surface area contributed by atoms with Crippen molar-refractivity contribution in [2.45, 2.75) is 65.5 Å². The number of nitrogens with one attached hydrogen (secondary N) is 1. The molecule has 126 valence electrons. The first-order chi connectivity index (χ1) is 9.82. The smallest absolute Gasteiger partial charge is 0.282 e. The highest BCUT2D eigenvalue weighted by molar-refractivity contribution is 7.86. The summed E-state index contributed by atoms with van der Waals surface area (Å²) >= 11 is 0. The van der Waals surface area contributed by atoms with Crippen molar-refractivity contribution < 1.29 is 8.42 Å². The molecule has 0 radical (unpaired) electrons. The van der Waals surface area contributed by atoms with E-state index in [1.807, 2.05) is 6.92 Å². The number of piperidine rings is 1. The Balaban J connectivity index is 2.81. The van der Waals surface area contributed by atoms with Gasteiger partial charge in [0.15, 0.2) is 0 Å². The van der Waals surface area contributed by atoms with Gasteiger partial charge in [0.05, 0.1) is 0 Å². The van der Waals surface area contributed by atoms with Crippen LogP contribution in [0.3, 0.4) is 0 Å². The molecule has 0 amide bonds. The molecule has 1 N–H and O–H groups in total. The fourth-order valence-corrected chi connectivity index (χ4v) is 4.63. The lowest BCUT2D eigenvalue weighted by Crippen LogP contribution is -2.54. The number of hydrogen-bond donors (Lipinski definition) is 1. The molecule has 0 spiro atoms. The van der Waals surface area contributed by atoms with E-state index in [-0.39, 0.29) is 12.1 Å². The molecule has 0 aromatic carbocycles. The first-order valence-electron chi connectivity index (χ1n) is 8.27. The molecule has 2 unspecified atom stereocenters. The quantitative estimate of drug-likeness (QED) is 0.697. The maximum Gasteiger partial charge on any atom is 0.282 e. The normalized spacial score (nSPS) is 22.9. The first kappa shape index (κ1) is 18.9. The van der Waals surface area contributed by atoms with Crippen LogP contribution in [0, 0.1) is 5.92 Å². The zero-order valence-corrected chi connectivity index (χ0v) is 15.1. The Morgan fingerprint density at radius 3 is 2.52 bits per heavy atom. The lowest BCUT2D eigenvalue weighted by molar-refractivity contribution is 0.215.